The van der Waals surface area contributed by atoms with E-state index >= 15 is 0 Å². The van der Waals surface area contributed by atoms with E-state index in [4.69, 9.17) is 9.47 Å². The average Bonchev–Trinajstić information content (AvgIpc) is 2.87. The van der Waals surface area contributed by atoms with Crippen LogP contribution >= 0.6 is 0 Å². The Morgan fingerprint density at radius 2 is 2.05 bits per heavy atom. The van der Waals surface area contributed by atoms with Crippen molar-refractivity contribution < 1.29 is 24.2 Å². The van der Waals surface area contributed by atoms with Crippen LogP contribution in [0.25, 0.3) is 0 Å². The number of carboxylic acids is 1. The smallest absolute Gasteiger partial charge is 0.329 e. The molecule has 1 unspecified atom stereocenters. The van der Waals surface area contributed by atoms with Crippen LogP contribution in [-0.4, -0.2) is 41.8 Å². The van der Waals surface area contributed by atoms with E-state index in [1.165, 1.54) is 0 Å². The van der Waals surface area contributed by atoms with Crippen molar-refractivity contribution in [2.75, 3.05) is 13.2 Å². The van der Waals surface area contributed by atoms with Crippen LogP contribution in [0.3, 0.4) is 0 Å². The summed E-state index contributed by atoms with van der Waals surface area (Å²) in [6.07, 6.45) is 1.42. The second-order valence-electron chi connectivity index (χ2n) is 5.91. The third kappa shape index (κ3) is 2.66. The fraction of sp³-hybridized carbons (Fsp3) is 0.500. The Labute approximate surface area is 128 Å². The Morgan fingerprint density at radius 1 is 1.32 bits per heavy atom. The second kappa shape index (κ2) is 5.61. The van der Waals surface area contributed by atoms with E-state index in [1.807, 2.05) is 6.92 Å². The van der Waals surface area contributed by atoms with E-state index in [1.54, 1.807) is 18.2 Å². The Bertz CT molecular complexity index is 607. The fourth-order valence-electron chi connectivity index (χ4n) is 2.96. The maximum atomic E-state index is 12.4. The molecule has 2 heterocycles. The Balaban J connectivity index is 1.79. The van der Waals surface area contributed by atoms with Gasteiger partial charge in [0.25, 0.3) is 5.91 Å². The lowest BCUT2D eigenvalue weighted by molar-refractivity contribution is -0.148. The largest absolute Gasteiger partial charge is 0.490 e. The van der Waals surface area contributed by atoms with Gasteiger partial charge in [0.05, 0.1) is 0 Å². The van der Waals surface area contributed by atoms with Crippen molar-refractivity contribution in [3.8, 4) is 5.75 Å². The van der Waals surface area contributed by atoms with Crippen LogP contribution in [0.5, 0.6) is 5.75 Å². The van der Waals surface area contributed by atoms with Crippen LogP contribution < -0.4 is 10.1 Å². The molecule has 3 rings (SSSR count). The highest BCUT2D eigenvalue weighted by Gasteiger charge is 2.41. The zero-order valence-corrected chi connectivity index (χ0v) is 12.4. The van der Waals surface area contributed by atoms with Gasteiger partial charge < -0.3 is 19.9 Å². The van der Waals surface area contributed by atoms with Gasteiger partial charge in [-0.3, -0.25) is 4.79 Å². The molecule has 1 saturated heterocycles. The molecule has 1 aromatic carbocycles. The number of amides is 1. The first-order valence-electron chi connectivity index (χ1n) is 7.43. The van der Waals surface area contributed by atoms with Gasteiger partial charge in [-0.15, -0.1) is 0 Å². The molecule has 1 amide bonds. The molecular weight excluding hydrogens is 286 g/mol. The molecule has 0 bridgehead atoms. The fourth-order valence-corrected chi connectivity index (χ4v) is 2.96. The van der Waals surface area contributed by atoms with Crippen molar-refractivity contribution >= 4 is 11.9 Å². The van der Waals surface area contributed by atoms with Gasteiger partial charge in [0, 0.05) is 38.0 Å². The summed E-state index contributed by atoms with van der Waals surface area (Å²) < 4.78 is 10.8. The highest BCUT2D eigenvalue weighted by atomic mass is 16.5. The predicted octanol–water partition coefficient (Wildman–Crippen LogP) is 1.37. The monoisotopic (exact) mass is 305 g/mol. The minimum Gasteiger partial charge on any atom is -0.490 e. The number of rotatable bonds is 3. The number of carbonyl (C=O) groups excluding carboxylic acids is 1. The minimum absolute atomic E-state index is 0.106. The number of carboxylic acid groups (broad SMARTS) is 1. The summed E-state index contributed by atoms with van der Waals surface area (Å²) in [5.41, 5.74) is 0.207. The summed E-state index contributed by atoms with van der Waals surface area (Å²) >= 11 is 0. The average molecular weight is 305 g/mol. The Morgan fingerprint density at radius 3 is 2.73 bits per heavy atom. The third-order valence-electron chi connectivity index (χ3n) is 4.27. The summed E-state index contributed by atoms with van der Waals surface area (Å²) in [5.74, 6) is -0.586. The summed E-state index contributed by atoms with van der Waals surface area (Å²) in [5, 5.41) is 12.2. The third-order valence-corrected chi connectivity index (χ3v) is 4.27. The zero-order chi connectivity index (χ0) is 15.7. The number of ether oxygens (including phenoxy) is 2. The number of hydrogen-bond acceptors (Lipinski definition) is 4. The second-order valence-corrected chi connectivity index (χ2v) is 5.91. The molecule has 2 aliphatic heterocycles. The van der Waals surface area contributed by atoms with Crippen molar-refractivity contribution in [2.45, 2.75) is 37.8 Å². The lowest BCUT2D eigenvalue weighted by atomic mass is 9.89. The highest BCUT2D eigenvalue weighted by Crippen LogP contribution is 2.30. The van der Waals surface area contributed by atoms with Gasteiger partial charge in [-0.1, -0.05) is 0 Å². The van der Waals surface area contributed by atoms with Crippen molar-refractivity contribution in [3.63, 3.8) is 0 Å². The van der Waals surface area contributed by atoms with Gasteiger partial charge in [-0.05, 0) is 30.7 Å². The van der Waals surface area contributed by atoms with Crippen molar-refractivity contribution in [1.82, 2.24) is 5.32 Å². The molecule has 2 N–H and O–H groups in total. The molecule has 2 aliphatic rings. The first-order chi connectivity index (χ1) is 10.5. The van der Waals surface area contributed by atoms with Gasteiger partial charge in [-0.25, -0.2) is 4.79 Å². The molecule has 0 saturated carbocycles. The molecule has 118 valence electrons. The van der Waals surface area contributed by atoms with Crippen LogP contribution in [-0.2, 0) is 16.0 Å². The zero-order valence-electron chi connectivity index (χ0n) is 12.4. The molecule has 1 fully saturated rings. The number of fused-ring (bicyclic) bond motifs is 1. The SMILES string of the molecule is CC1Cc2cc(C(=O)NC3(C(=O)O)CCOCC3)ccc2O1. The Hall–Kier alpha value is -2.08. The van der Waals surface area contributed by atoms with Crippen LogP contribution in [0.2, 0.25) is 0 Å². The first-order valence-corrected chi connectivity index (χ1v) is 7.43. The molecule has 1 aromatic rings. The van der Waals surface area contributed by atoms with E-state index < -0.39 is 11.5 Å². The molecule has 0 spiro atoms. The molecule has 6 heteroatoms. The minimum atomic E-state index is -1.24. The van der Waals surface area contributed by atoms with Crippen LogP contribution in [0.15, 0.2) is 18.2 Å². The van der Waals surface area contributed by atoms with Gasteiger partial charge in [0.2, 0.25) is 0 Å². The van der Waals surface area contributed by atoms with E-state index in [9.17, 15) is 14.7 Å². The maximum Gasteiger partial charge on any atom is 0.329 e. The molecule has 1 atom stereocenters. The highest BCUT2D eigenvalue weighted by molar-refractivity contribution is 5.98. The molecule has 0 aliphatic carbocycles. The summed E-state index contributed by atoms with van der Waals surface area (Å²) in [6, 6.07) is 5.22. The van der Waals surface area contributed by atoms with E-state index in [0.29, 0.717) is 18.8 Å². The number of aliphatic carboxylic acids is 1. The molecule has 0 aromatic heterocycles. The van der Waals surface area contributed by atoms with Gasteiger partial charge in [0.15, 0.2) is 0 Å². The normalized spacial score (nSPS) is 22.5. The Kier molecular flexibility index (Phi) is 3.78. The summed E-state index contributed by atoms with van der Waals surface area (Å²) in [7, 11) is 0. The number of nitrogens with one attached hydrogen (secondary N) is 1. The predicted molar refractivity (Wildman–Crippen MR) is 78.1 cm³/mol. The van der Waals surface area contributed by atoms with Gasteiger partial charge in [0.1, 0.15) is 17.4 Å². The van der Waals surface area contributed by atoms with Crippen molar-refractivity contribution in [2.24, 2.45) is 0 Å². The lowest BCUT2D eigenvalue weighted by Crippen LogP contribution is -2.57. The van der Waals surface area contributed by atoms with Gasteiger partial charge in [-0.2, -0.15) is 0 Å². The van der Waals surface area contributed by atoms with Crippen LogP contribution in [0, 0.1) is 0 Å². The molecule has 22 heavy (non-hydrogen) atoms. The van der Waals surface area contributed by atoms with Crippen molar-refractivity contribution in [3.05, 3.63) is 29.3 Å². The molecule has 6 nitrogen and oxygen atoms in total. The van der Waals surface area contributed by atoms with E-state index in [2.05, 4.69) is 5.32 Å². The van der Waals surface area contributed by atoms with Crippen LogP contribution in [0.1, 0.15) is 35.7 Å². The topological polar surface area (TPSA) is 84.9 Å². The van der Waals surface area contributed by atoms with E-state index in [-0.39, 0.29) is 24.9 Å². The van der Waals surface area contributed by atoms with Crippen molar-refractivity contribution in [1.29, 1.82) is 0 Å². The maximum absolute atomic E-state index is 12.4. The lowest BCUT2D eigenvalue weighted by Gasteiger charge is -2.33. The number of hydrogen-bond donors (Lipinski definition) is 2. The molecular formula is C16H19NO5. The van der Waals surface area contributed by atoms with E-state index in [0.717, 1.165) is 17.7 Å². The van der Waals surface area contributed by atoms with Gasteiger partial charge >= 0.3 is 5.97 Å². The van der Waals surface area contributed by atoms with Crippen LogP contribution in [0.4, 0.5) is 0 Å². The quantitative estimate of drug-likeness (QED) is 0.881. The summed E-state index contributed by atoms with van der Waals surface area (Å²) in [6.45, 7) is 2.64. The number of carbonyl (C=O) groups is 2. The molecule has 0 radical (unpaired) electrons. The summed E-state index contributed by atoms with van der Waals surface area (Å²) in [4.78, 5) is 24.0. The first kappa shape index (κ1) is 14.8. The number of benzene rings is 1. The standard InChI is InChI=1S/C16H19NO5/c1-10-8-12-9-11(2-3-13(12)22-10)14(18)17-16(15(19)20)4-6-21-7-5-16/h2-3,9-10H,4-8H2,1H3,(H,17,18)(H,19,20).